The molecule has 7 nitrogen and oxygen atoms in total. The molecule has 33 heavy (non-hydrogen) atoms. The lowest BCUT2D eigenvalue weighted by Crippen LogP contribution is -2.35. The molecule has 0 spiro atoms. The van der Waals surface area contributed by atoms with E-state index in [1.807, 2.05) is 44.3 Å². The SMILES string of the molecule is Cc1cc(Sc2nc(NC3=CCC=C(N4CCOCC4)C=C3)ncc2C)ccc1OCC#N. The van der Waals surface area contributed by atoms with Crippen LogP contribution in [0.5, 0.6) is 5.75 Å². The van der Waals surface area contributed by atoms with Crippen LogP contribution in [0.25, 0.3) is 0 Å². The standard InChI is InChI=1S/C25H27N5O2S/c1-18-16-22(8-9-23(18)32-13-10-26)33-24-19(2)17-27-25(29-24)28-20-4-3-5-21(7-6-20)30-11-14-31-15-12-30/h4-9,16-17H,3,11-15H2,1-2H3,(H,27,28,29). The Kier molecular flexibility index (Phi) is 7.66. The molecule has 1 saturated heterocycles. The Morgan fingerprint density at radius 2 is 2.03 bits per heavy atom. The topological polar surface area (TPSA) is 83.3 Å². The molecule has 1 aliphatic heterocycles. The Morgan fingerprint density at radius 1 is 1.18 bits per heavy atom. The van der Waals surface area contributed by atoms with Gasteiger partial charge in [0.2, 0.25) is 5.95 Å². The van der Waals surface area contributed by atoms with Gasteiger partial charge in [0.25, 0.3) is 0 Å². The summed E-state index contributed by atoms with van der Waals surface area (Å²) in [6.07, 6.45) is 11.3. The normalized spacial score (nSPS) is 15.8. The van der Waals surface area contributed by atoms with Crippen LogP contribution in [0.3, 0.4) is 0 Å². The molecule has 0 unspecified atom stereocenters. The summed E-state index contributed by atoms with van der Waals surface area (Å²) in [6, 6.07) is 7.91. The van der Waals surface area contributed by atoms with Gasteiger partial charge in [0.15, 0.2) is 6.61 Å². The van der Waals surface area contributed by atoms with Gasteiger partial charge in [0.1, 0.15) is 16.8 Å². The summed E-state index contributed by atoms with van der Waals surface area (Å²) in [4.78, 5) is 12.6. The van der Waals surface area contributed by atoms with Crippen LogP contribution in [0.2, 0.25) is 0 Å². The van der Waals surface area contributed by atoms with Crippen LogP contribution < -0.4 is 10.1 Å². The number of hydrogen-bond donors (Lipinski definition) is 1. The summed E-state index contributed by atoms with van der Waals surface area (Å²) in [5.74, 6) is 1.29. The van der Waals surface area contributed by atoms with Crippen molar-refractivity contribution in [1.82, 2.24) is 14.9 Å². The quantitative estimate of drug-likeness (QED) is 0.598. The van der Waals surface area contributed by atoms with E-state index in [0.717, 1.165) is 65.2 Å². The summed E-state index contributed by atoms with van der Waals surface area (Å²) < 4.78 is 10.9. The fourth-order valence-corrected chi connectivity index (χ4v) is 4.50. The number of nitrogens with one attached hydrogen (secondary N) is 1. The number of aryl methyl sites for hydroxylation is 2. The van der Waals surface area contributed by atoms with Crippen molar-refractivity contribution in [3.63, 3.8) is 0 Å². The van der Waals surface area contributed by atoms with Crippen molar-refractivity contribution in [2.45, 2.75) is 30.2 Å². The van der Waals surface area contributed by atoms with Crippen LogP contribution in [-0.4, -0.2) is 47.8 Å². The summed E-state index contributed by atoms with van der Waals surface area (Å²) in [6.45, 7) is 7.42. The molecule has 1 aromatic heterocycles. The number of hydrogen-bond acceptors (Lipinski definition) is 8. The molecule has 2 heterocycles. The molecular weight excluding hydrogens is 434 g/mol. The van der Waals surface area contributed by atoms with E-state index in [-0.39, 0.29) is 6.61 Å². The van der Waals surface area contributed by atoms with Crippen LogP contribution in [0.1, 0.15) is 17.5 Å². The van der Waals surface area contributed by atoms with Gasteiger partial charge in [-0.3, -0.25) is 0 Å². The Labute approximate surface area is 198 Å². The Morgan fingerprint density at radius 3 is 2.82 bits per heavy atom. The second kappa shape index (κ2) is 11.0. The molecule has 2 aliphatic rings. The first-order valence-corrected chi connectivity index (χ1v) is 11.7. The Balaban J connectivity index is 1.43. The highest BCUT2D eigenvalue weighted by Gasteiger charge is 2.13. The van der Waals surface area contributed by atoms with Gasteiger partial charge in [-0.2, -0.15) is 5.26 Å². The number of aromatic nitrogens is 2. The zero-order valence-corrected chi connectivity index (χ0v) is 19.7. The van der Waals surface area contributed by atoms with E-state index in [0.29, 0.717) is 5.95 Å². The molecule has 0 saturated carbocycles. The van der Waals surface area contributed by atoms with Crippen molar-refractivity contribution in [3.05, 3.63) is 71.2 Å². The predicted molar refractivity (Wildman–Crippen MR) is 129 cm³/mol. The highest BCUT2D eigenvalue weighted by atomic mass is 32.2. The van der Waals surface area contributed by atoms with Crippen molar-refractivity contribution in [2.75, 3.05) is 38.2 Å². The fraction of sp³-hybridized carbons (Fsp3) is 0.320. The second-order valence-electron chi connectivity index (χ2n) is 7.74. The number of rotatable bonds is 7. The Hall–Kier alpha value is -3.28. The maximum absolute atomic E-state index is 8.71. The maximum atomic E-state index is 8.71. The average molecular weight is 462 g/mol. The lowest BCUT2D eigenvalue weighted by atomic mass is 10.2. The van der Waals surface area contributed by atoms with Crippen molar-refractivity contribution in [3.8, 4) is 11.8 Å². The van der Waals surface area contributed by atoms with Crippen LogP contribution >= 0.6 is 11.8 Å². The molecule has 8 heteroatoms. The molecule has 1 fully saturated rings. The van der Waals surface area contributed by atoms with Crippen LogP contribution in [-0.2, 0) is 4.74 Å². The number of nitrogens with zero attached hydrogens (tertiary/aromatic N) is 4. The minimum Gasteiger partial charge on any atom is -0.478 e. The number of allylic oxidation sites excluding steroid dienone is 4. The minimum atomic E-state index is 0.0428. The van der Waals surface area contributed by atoms with Gasteiger partial charge in [-0.05, 0) is 56.2 Å². The first-order chi connectivity index (χ1) is 16.1. The molecule has 1 aromatic carbocycles. The van der Waals surface area contributed by atoms with Gasteiger partial charge < -0.3 is 19.7 Å². The number of ether oxygens (including phenoxy) is 2. The van der Waals surface area contributed by atoms with E-state index in [4.69, 9.17) is 19.7 Å². The molecule has 0 atom stereocenters. The summed E-state index contributed by atoms with van der Waals surface area (Å²) in [5, 5.41) is 13.0. The van der Waals surface area contributed by atoms with E-state index in [1.165, 1.54) is 5.70 Å². The number of anilines is 1. The lowest BCUT2D eigenvalue weighted by molar-refractivity contribution is 0.0553. The van der Waals surface area contributed by atoms with Crippen molar-refractivity contribution in [2.24, 2.45) is 0 Å². The molecule has 4 rings (SSSR count). The summed E-state index contributed by atoms with van der Waals surface area (Å²) in [7, 11) is 0. The highest BCUT2D eigenvalue weighted by Crippen LogP contribution is 2.32. The third-order valence-corrected chi connectivity index (χ3v) is 6.41. The zero-order valence-electron chi connectivity index (χ0n) is 18.9. The maximum Gasteiger partial charge on any atom is 0.228 e. The largest absolute Gasteiger partial charge is 0.478 e. The molecule has 0 amide bonds. The Bertz CT molecular complexity index is 1130. The van der Waals surface area contributed by atoms with Crippen LogP contribution in [0.4, 0.5) is 5.95 Å². The van der Waals surface area contributed by atoms with Crippen LogP contribution in [0, 0.1) is 25.2 Å². The zero-order chi connectivity index (χ0) is 23.0. The van der Waals surface area contributed by atoms with E-state index in [9.17, 15) is 0 Å². The average Bonchev–Trinajstić information content (AvgIpc) is 3.07. The fourth-order valence-electron chi connectivity index (χ4n) is 3.55. The van der Waals surface area contributed by atoms with Gasteiger partial charge in [-0.1, -0.05) is 23.9 Å². The minimum absolute atomic E-state index is 0.0428. The van der Waals surface area contributed by atoms with Gasteiger partial charge in [0, 0.05) is 41.1 Å². The third-order valence-electron chi connectivity index (χ3n) is 5.31. The van der Waals surface area contributed by atoms with Crippen LogP contribution in [0.15, 0.2) is 70.0 Å². The predicted octanol–water partition coefficient (Wildman–Crippen LogP) is 4.62. The molecule has 0 bridgehead atoms. The molecule has 1 N–H and O–H groups in total. The van der Waals surface area contributed by atoms with E-state index in [2.05, 4.69) is 39.5 Å². The van der Waals surface area contributed by atoms with Gasteiger partial charge >= 0.3 is 0 Å². The smallest absolute Gasteiger partial charge is 0.228 e. The van der Waals surface area contributed by atoms with Gasteiger partial charge in [0.05, 0.1) is 13.2 Å². The number of benzene rings is 1. The summed E-state index contributed by atoms with van der Waals surface area (Å²) >= 11 is 1.58. The monoisotopic (exact) mass is 461 g/mol. The molecule has 170 valence electrons. The molecule has 0 radical (unpaired) electrons. The lowest BCUT2D eigenvalue weighted by Gasteiger charge is -2.29. The number of morpholine rings is 1. The summed E-state index contributed by atoms with van der Waals surface area (Å²) in [5.41, 5.74) is 4.20. The number of nitriles is 1. The van der Waals surface area contributed by atoms with Crippen molar-refractivity contribution in [1.29, 1.82) is 5.26 Å². The first-order valence-electron chi connectivity index (χ1n) is 10.9. The third kappa shape index (κ3) is 6.15. The molecule has 1 aliphatic carbocycles. The van der Waals surface area contributed by atoms with E-state index < -0.39 is 0 Å². The molecular formula is C25H27N5O2S. The van der Waals surface area contributed by atoms with E-state index >= 15 is 0 Å². The van der Waals surface area contributed by atoms with Gasteiger partial charge in [-0.25, -0.2) is 9.97 Å². The van der Waals surface area contributed by atoms with Crippen molar-refractivity contribution >= 4 is 17.7 Å². The second-order valence-corrected chi connectivity index (χ2v) is 8.80. The van der Waals surface area contributed by atoms with E-state index in [1.54, 1.807) is 11.8 Å². The highest BCUT2D eigenvalue weighted by molar-refractivity contribution is 7.99. The van der Waals surface area contributed by atoms with Gasteiger partial charge in [-0.15, -0.1) is 0 Å². The molecule has 2 aromatic rings. The first kappa shape index (κ1) is 22.9. The van der Waals surface area contributed by atoms with Crippen molar-refractivity contribution < 1.29 is 9.47 Å².